The zero-order chi connectivity index (χ0) is 18.9. The van der Waals surface area contributed by atoms with Gasteiger partial charge in [-0.3, -0.25) is 0 Å². The molecule has 0 N–H and O–H groups in total. The third-order valence-electron chi connectivity index (χ3n) is 5.70. The number of sulfonamides is 2. The van der Waals surface area contributed by atoms with E-state index in [1.807, 2.05) is 0 Å². The summed E-state index contributed by atoms with van der Waals surface area (Å²) in [5.41, 5.74) is 0. The Kier molecular flexibility index (Phi) is 5.77. The van der Waals surface area contributed by atoms with Gasteiger partial charge in [0.05, 0.1) is 9.79 Å². The second kappa shape index (κ2) is 7.58. The van der Waals surface area contributed by atoms with Gasteiger partial charge in [0.15, 0.2) is 0 Å². The molecule has 1 aromatic carbocycles. The summed E-state index contributed by atoms with van der Waals surface area (Å²) in [7, 11) is -5.51. The van der Waals surface area contributed by atoms with E-state index in [0.717, 1.165) is 38.5 Å². The molecule has 8 heteroatoms. The Balaban J connectivity index is 1.78. The minimum Gasteiger partial charge on any atom is -0.207 e. The van der Waals surface area contributed by atoms with Crippen molar-refractivity contribution in [1.82, 2.24) is 8.61 Å². The maximum absolute atomic E-state index is 12.9. The monoisotopic (exact) mass is 400 g/mol. The molecule has 0 aromatic heterocycles. The number of hydrogen-bond acceptors (Lipinski definition) is 4. The molecule has 0 unspecified atom stereocenters. The molecule has 2 aliphatic rings. The normalized spacial score (nSPS) is 25.7. The highest BCUT2D eigenvalue weighted by molar-refractivity contribution is 7.89. The minimum absolute atomic E-state index is 0.0178. The van der Waals surface area contributed by atoms with Gasteiger partial charge in [-0.25, -0.2) is 16.8 Å². The molecule has 1 aliphatic carbocycles. The SMILES string of the molecule is CC1CCC(N(C)S(=O)(=O)c2ccc(S(=O)(=O)N3CCCC3)cc2)CC1. The molecule has 0 atom stereocenters. The summed E-state index contributed by atoms with van der Waals surface area (Å²) < 4.78 is 53.9. The highest BCUT2D eigenvalue weighted by atomic mass is 32.2. The van der Waals surface area contributed by atoms with Crippen molar-refractivity contribution in [2.75, 3.05) is 20.1 Å². The first-order valence-electron chi connectivity index (χ1n) is 9.31. The molecule has 6 nitrogen and oxygen atoms in total. The highest BCUT2D eigenvalue weighted by Crippen LogP contribution is 2.30. The van der Waals surface area contributed by atoms with Crippen LogP contribution >= 0.6 is 0 Å². The minimum atomic E-state index is -3.61. The highest BCUT2D eigenvalue weighted by Gasteiger charge is 2.31. The van der Waals surface area contributed by atoms with Gasteiger partial charge < -0.3 is 0 Å². The molecular weight excluding hydrogens is 372 g/mol. The fourth-order valence-corrected chi connectivity index (χ4v) is 6.76. The smallest absolute Gasteiger partial charge is 0.207 e. The quantitative estimate of drug-likeness (QED) is 0.762. The van der Waals surface area contributed by atoms with Crippen molar-refractivity contribution in [2.24, 2.45) is 5.92 Å². The van der Waals surface area contributed by atoms with E-state index in [9.17, 15) is 16.8 Å². The molecule has 1 saturated carbocycles. The topological polar surface area (TPSA) is 74.8 Å². The van der Waals surface area contributed by atoms with Crippen molar-refractivity contribution in [3.05, 3.63) is 24.3 Å². The van der Waals surface area contributed by atoms with Crippen molar-refractivity contribution in [3.8, 4) is 0 Å². The molecule has 0 amide bonds. The van der Waals surface area contributed by atoms with E-state index in [2.05, 4.69) is 6.92 Å². The zero-order valence-electron chi connectivity index (χ0n) is 15.5. The zero-order valence-corrected chi connectivity index (χ0v) is 17.1. The fourth-order valence-electron chi connectivity index (χ4n) is 3.83. The molecule has 1 aliphatic heterocycles. The Labute approximate surface area is 157 Å². The van der Waals surface area contributed by atoms with Crippen molar-refractivity contribution in [3.63, 3.8) is 0 Å². The largest absolute Gasteiger partial charge is 0.243 e. The molecule has 0 radical (unpaired) electrons. The summed E-state index contributed by atoms with van der Waals surface area (Å²) in [4.78, 5) is 0.312. The first-order chi connectivity index (χ1) is 12.2. The first-order valence-corrected chi connectivity index (χ1v) is 12.2. The molecule has 1 saturated heterocycles. The van der Waals surface area contributed by atoms with Gasteiger partial charge in [-0.1, -0.05) is 6.92 Å². The first kappa shape index (κ1) is 19.8. The van der Waals surface area contributed by atoms with Crippen LogP contribution in [0, 0.1) is 5.92 Å². The van der Waals surface area contributed by atoms with Gasteiger partial charge in [-0.15, -0.1) is 0 Å². The van der Waals surface area contributed by atoms with Crippen LogP contribution < -0.4 is 0 Å². The van der Waals surface area contributed by atoms with Gasteiger partial charge in [0.25, 0.3) is 0 Å². The summed E-state index contributed by atoms with van der Waals surface area (Å²) in [6.07, 6.45) is 5.57. The van der Waals surface area contributed by atoms with Crippen LogP contribution in [0.15, 0.2) is 34.1 Å². The Morgan fingerprint density at radius 3 is 1.92 bits per heavy atom. The van der Waals surface area contributed by atoms with Crippen LogP contribution in [0.1, 0.15) is 45.4 Å². The lowest BCUT2D eigenvalue weighted by molar-refractivity contribution is 0.246. The van der Waals surface area contributed by atoms with Gasteiger partial charge in [0.1, 0.15) is 0 Å². The second-order valence-corrected chi connectivity index (χ2v) is 11.5. The van der Waals surface area contributed by atoms with Gasteiger partial charge in [-0.05, 0) is 68.7 Å². The van der Waals surface area contributed by atoms with E-state index in [0.29, 0.717) is 19.0 Å². The third-order valence-corrected chi connectivity index (χ3v) is 9.54. The molecule has 1 aromatic rings. The van der Waals surface area contributed by atoms with E-state index < -0.39 is 20.0 Å². The van der Waals surface area contributed by atoms with E-state index in [1.54, 1.807) is 7.05 Å². The predicted molar refractivity (Wildman–Crippen MR) is 101 cm³/mol. The maximum Gasteiger partial charge on any atom is 0.243 e. The molecule has 146 valence electrons. The van der Waals surface area contributed by atoms with Crippen LogP contribution in [0.4, 0.5) is 0 Å². The van der Waals surface area contributed by atoms with E-state index in [-0.39, 0.29) is 15.8 Å². The lowest BCUT2D eigenvalue weighted by Gasteiger charge is -2.32. The number of benzene rings is 1. The average molecular weight is 401 g/mol. The fraction of sp³-hybridized carbons (Fsp3) is 0.667. The van der Waals surface area contributed by atoms with Crippen LogP contribution in [-0.2, 0) is 20.0 Å². The lowest BCUT2D eigenvalue weighted by Crippen LogP contribution is -2.39. The van der Waals surface area contributed by atoms with Gasteiger partial charge in [-0.2, -0.15) is 8.61 Å². The molecule has 1 heterocycles. The number of nitrogens with zero attached hydrogens (tertiary/aromatic N) is 2. The lowest BCUT2D eigenvalue weighted by atomic mass is 9.87. The molecule has 0 bridgehead atoms. The Hall–Kier alpha value is -0.960. The summed E-state index contributed by atoms with van der Waals surface area (Å²) in [6, 6.07) is 5.68. The van der Waals surface area contributed by atoms with E-state index in [4.69, 9.17) is 0 Å². The van der Waals surface area contributed by atoms with Crippen LogP contribution in [0.2, 0.25) is 0 Å². The summed E-state index contributed by atoms with van der Waals surface area (Å²) >= 11 is 0. The standard InChI is InChI=1S/C18H28N2O4S2/c1-15-5-7-16(8-6-15)19(2)25(21,22)17-9-11-18(12-10-17)26(23,24)20-13-3-4-14-20/h9-12,15-16H,3-8,13-14H2,1-2H3. The summed E-state index contributed by atoms with van der Waals surface area (Å²) in [5.74, 6) is 0.650. The molecular formula is C18H28N2O4S2. The van der Waals surface area contributed by atoms with Crippen LogP contribution in [0.3, 0.4) is 0 Å². The molecule has 0 spiro atoms. The second-order valence-electron chi connectivity index (χ2n) is 7.52. The Bertz CT molecular complexity index is 820. The maximum atomic E-state index is 12.9. The number of rotatable bonds is 5. The Morgan fingerprint density at radius 2 is 1.38 bits per heavy atom. The van der Waals surface area contributed by atoms with Gasteiger partial charge >= 0.3 is 0 Å². The molecule has 2 fully saturated rings. The van der Waals surface area contributed by atoms with Crippen molar-refractivity contribution in [2.45, 2.75) is 61.3 Å². The van der Waals surface area contributed by atoms with Gasteiger partial charge in [0.2, 0.25) is 20.0 Å². The number of hydrogen-bond donors (Lipinski definition) is 0. The molecule has 26 heavy (non-hydrogen) atoms. The van der Waals surface area contributed by atoms with Crippen LogP contribution in [0.5, 0.6) is 0 Å². The summed E-state index contributed by atoms with van der Waals surface area (Å²) in [6.45, 7) is 3.26. The van der Waals surface area contributed by atoms with Gasteiger partial charge in [0, 0.05) is 26.2 Å². The van der Waals surface area contributed by atoms with Crippen LogP contribution in [0.25, 0.3) is 0 Å². The third kappa shape index (κ3) is 3.83. The Morgan fingerprint density at radius 1 is 0.885 bits per heavy atom. The average Bonchev–Trinajstić information content (AvgIpc) is 3.17. The van der Waals surface area contributed by atoms with Crippen LogP contribution in [-0.4, -0.2) is 51.6 Å². The predicted octanol–water partition coefficient (Wildman–Crippen LogP) is 2.67. The molecule has 3 rings (SSSR count). The van der Waals surface area contributed by atoms with E-state index >= 15 is 0 Å². The summed E-state index contributed by atoms with van der Waals surface area (Å²) in [5, 5.41) is 0. The van der Waals surface area contributed by atoms with E-state index in [1.165, 1.54) is 32.9 Å². The van der Waals surface area contributed by atoms with Crippen molar-refractivity contribution >= 4 is 20.0 Å². The van der Waals surface area contributed by atoms with Crippen molar-refractivity contribution < 1.29 is 16.8 Å². The van der Waals surface area contributed by atoms with Crippen molar-refractivity contribution in [1.29, 1.82) is 0 Å².